The number of nitrogens with one attached hydrogen (secondary N) is 1. The van der Waals surface area contributed by atoms with Crippen LogP contribution in [0.25, 0.3) is 5.52 Å². The van der Waals surface area contributed by atoms with Gasteiger partial charge in [0.1, 0.15) is 11.6 Å². The number of hydrogen-bond acceptors (Lipinski definition) is 5. The van der Waals surface area contributed by atoms with Gasteiger partial charge in [0, 0.05) is 37.1 Å². The van der Waals surface area contributed by atoms with E-state index in [2.05, 4.69) is 9.82 Å². The minimum Gasteiger partial charge on any atom is -0.364 e. The molecule has 0 unspecified atom stereocenters. The van der Waals surface area contributed by atoms with Crippen molar-refractivity contribution < 1.29 is 22.0 Å². The van der Waals surface area contributed by atoms with Gasteiger partial charge in [-0.25, -0.2) is 18.0 Å². The lowest BCUT2D eigenvalue weighted by Gasteiger charge is -2.27. The number of hydrogen-bond donors (Lipinski definition) is 1. The first kappa shape index (κ1) is 24.3. The third kappa shape index (κ3) is 5.06. The average molecular weight is 530 g/mol. The van der Waals surface area contributed by atoms with Gasteiger partial charge in [-0.05, 0) is 80.7 Å². The average Bonchev–Trinajstić information content (AvgIpc) is 3.77. The molecule has 0 radical (unpaired) electrons. The highest BCUT2D eigenvalue weighted by atomic mass is 32.2. The summed E-state index contributed by atoms with van der Waals surface area (Å²) in [6, 6.07) is 6.68. The number of carbonyl (C=O) groups excluding carboxylic acids is 1. The number of nitrogens with zero attached hydrogens (tertiary/aromatic N) is 4. The van der Waals surface area contributed by atoms with Crippen molar-refractivity contribution in [3.8, 4) is 0 Å². The number of halogens is 2. The van der Waals surface area contributed by atoms with Crippen molar-refractivity contribution in [3.63, 3.8) is 0 Å². The molecule has 196 valence electrons. The zero-order valence-electron chi connectivity index (χ0n) is 20.3. The van der Waals surface area contributed by atoms with Gasteiger partial charge >= 0.3 is 10.2 Å². The van der Waals surface area contributed by atoms with Gasteiger partial charge in [-0.2, -0.15) is 17.8 Å². The molecule has 37 heavy (non-hydrogen) atoms. The summed E-state index contributed by atoms with van der Waals surface area (Å²) in [5.41, 5.74) is 1.59. The number of amides is 1. The molecular weight excluding hydrogens is 500 g/mol. The van der Waals surface area contributed by atoms with Crippen LogP contribution in [0.4, 0.5) is 14.5 Å². The number of pyridine rings is 1. The Morgan fingerprint density at radius 1 is 1.05 bits per heavy atom. The van der Waals surface area contributed by atoms with Gasteiger partial charge in [-0.3, -0.25) is 4.79 Å². The molecule has 2 aliphatic carbocycles. The second kappa shape index (κ2) is 9.36. The number of rotatable bonds is 9. The van der Waals surface area contributed by atoms with E-state index in [1.807, 2.05) is 4.90 Å². The summed E-state index contributed by atoms with van der Waals surface area (Å²) in [6.45, 7) is 1.51. The second-order valence-electron chi connectivity index (χ2n) is 10.4. The molecule has 6 rings (SSSR count). The van der Waals surface area contributed by atoms with Crippen molar-refractivity contribution in [1.82, 2.24) is 18.6 Å². The minimum atomic E-state index is -4.00. The molecule has 3 aliphatic rings. The molecule has 3 heterocycles. The molecule has 2 saturated carbocycles. The van der Waals surface area contributed by atoms with Gasteiger partial charge in [0.15, 0.2) is 0 Å². The largest absolute Gasteiger partial charge is 0.364 e. The number of carbonyl (C=O) groups is 1. The first-order valence-electron chi connectivity index (χ1n) is 12.8. The monoisotopic (exact) mass is 529 g/mol. The molecule has 1 aliphatic heterocycles. The van der Waals surface area contributed by atoms with Gasteiger partial charge in [0.25, 0.3) is 5.91 Å². The van der Waals surface area contributed by atoms with E-state index in [0.29, 0.717) is 49.0 Å². The lowest BCUT2D eigenvalue weighted by Crippen LogP contribution is -2.45. The van der Waals surface area contributed by atoms with E-state index in [0.717, 1.165) is 49.9 Å². The Labute approximate surface area is 214 Å². The maximum absolute atomic E-state index is 14.6. The summed E-state index contributed by atoms with van der Waals surface area (Å²) in [7, 11) is -4.00. The second-order valence-corrected chi connectivity index (χ2v) is 12.1. The molecule has 0 bridgehead atoms. The lowest BCUT2D eigenvalue weighted by molar-refractivity contribution is 0.0980. The molecule has 1 saturated heterocycles. The van der Waals surface area contributed by atoms with E-state index in [9.17, 15) is 22.0 Å². The normalized spacial score (nSPS) is 20.2. The van der Waals surface area contributed by atoms with E-state index < -0.39 is 27.8 Å². The highest BCUT2D eigenvalue weighted by Gasteiger charge is 2.36. The Kier molecular flexibility index (Phi) is 6.15. The fraction of sp³-hybridized carbons (Fsp3) is 0.462. The first-order chi connectivity index (χ1) is 17.8. The van der Waals surface area contributed by atoms with E-state index in [1.54, 1.807) is 18.3 Å². The van der Waals surface area contributed by atoms with Gasteiger partial charge in [-0.15, -0.1) is 0 Å². The highest BCUT2D eigenvalue weighted by molar-refractivity contribution is 7.87. The third-order valence-corrected chi connectivity index (χ3v) is 8.95. The van der Waals surface area contributed by atoms with Crippen LogP contribution in [-0.2, 0) is 10.2 Å². The Bertz CT molecular complexity index is 1440. The molecule has 11 heteroatoms. The van der Waals surface area contributed by atoms with Gasteiger partial charge < -0.3 is 4.90 Å². The molecular formula is C26H29F2N5O3S. The van der Waals surface area contributed by atoms with Crippen LogP contribution in [-0.4, -0.2) is 47.9 Å². The van der Waals surface area contributed by atoms with Crippen molar-refractivity contribution in [2.75, 3.05) is 24.5 Å². The van der Waals surface area contributed by atoms with Crippen molar-refractivity contribution >= 4 is 27.3 Å². The van der Waals surface area contributed by atoms with E-state index in [-0.39, 0.29) is 11.6 Å². The molecule has 1 amide bonds. The van der Waals surface area contributed by atoms with Crippen molar-refractivity contribution in [1.29, 1.82) is 0 Å². The summed E-state index contributed by atoms with van der Waals surface area (Å²) < 4.78 is 59.9. The lowest BCUT2D eigenvalue weighted by atomic mass is 10.0. The van der Waals surface area contributed by atoms with Crippen LogP contribution in [0, 0.1) is 23.5 Å². The summed E-state index contributed by atoms with van der Waals surface area (Å²) in [6.07, 6.45) is 8.54. The Morgan fingerprint density at radius 2 is 1.78 bits per heavy atom. The maximum atomic E-state index is 14.6. The van der Waals surface area contributed by atoms with Crippen LogP contribution < -0.4 is 9.62 Å². The Balaban J connectivity index is 1.26. The fourth-order valence-electron chi connectivity index (χ4n) is 5.18. The minimum absolute atomic E-state index is 0.135. The molecule has 3 aromatic rings. The molecule has 1 N–H and O–H groups in total. The number of fused-ring (bicyclic) bond motifs is 1. The quantitative estimate of drug-likeness (QED) is 0.452. The number of aromatic nitrogens is 2. The van der Waals surface area contributed by atoms with Crippen molar-refractivity contribution in [3.05, 3.63) is 65.5 Å². The third-order valence-electron chi connectivity index (χ3n) is 7.53. The maximum Gasteiger partial charge on any atom is 0.304 e. The first-order valence-corrected chi connectivity index (χ1v) is 14.2. The summed E-state index contributed by atoms with van der Waals surface area (Å²) in [5, 5.41) is 4.22. The van der Waals surface area contributed by atoms with Crippen LogP contribution in [0.2, 0.25) is 0 Å². The van der Waals surface area contributed by atoms with Crippen LogP contribution >= 0.6 is 0 Å². The number of anilines is 1. The van der Waals surface area contributed by atoms with Crippen molar-refractivity contribution in [2.45, 2.75) is 44.6 Å². The molecule has 0 spiro atoms. The van der Waals surface area contributed by atoms with E-state index >= 15 is 0 Å². The van der Waals surface area contributed by atoms with Crippen LogP contribution in [0.5, 0.6) is 0 Å². The van der Waals surface area contributed by atoms with E-state index in [1.165, 1.54) is 21.1 Å². The predicted molar refractivity (Wildman–Crippen MR) is 134 cm³/mol. The Morgan fingerprint density at radius 3 is 2.49 bits per heavy atom. The van der Waals surface area contributed by atoms with Crippen LogP contribution in [0.3, 0.4) is 0 Å². The molecule has 1 aromatic carbocycles. The molecule has 8 nitrogen and oxygen atoms in total. The van der Waals surface area contributed by atoms with E-state index in [4.69, 9.17) is 0 Å². The zero-order chi connectivity index (χ0) is 25.7. The molecule has 3 fully saturated rings. The zero-order valence-corrected chi connectivity index (χ0v) is 21.1. The fourth-order valence-corrected chi connectivity index (χ4v) is 6.46. The predicted octanol–water partition coefficient (Wildman–Crippen LogP) is 4.05. The topological polar surface area (TPSA) is 87.0 Å². The summed E-state index contributed by atoms with van der Waals surface area (Å²) >= 11 is 0. The number of benzene rings is 1. The summed E-state index contributed by atoms with van der Waals surface area (Å²) in [5.74, 6) is -0.969. The van der Waals surface area contributed by atoms with Gasteiger partial charge in [0.05, 0.1) is 23.3 Å². The standard InChI is InChI=1S/C26H29F2N5O3S/c27-19-7-8-23(28)21(12-19)24-2-1-10-32(24)20-9-11-33-25(13-20)22(14-29-33)26(34)30-37(35,36)31(15-17-3-4-17)16-18-5-6-18/h7-9,11-14,17-18,24H,1-6,10,15-16H2,(H,30,34)/t24-/m1/s1. The van der Waals surface area contributed by atoms with Crippen LogP contribution in [0.1, 0.15) is 60.5 Å². The molecule has 1 atom stereocenters. The summed E-state index contributed by atoms with van der Waals surface area (Å²) in [4.78, 5) is 15.2. The van der Waals surface area contributed by atoms with Crippen molar-refractivity contribution in [2.24, 2.45) is 11.8 Å². The molecule has 2 aromatic heterocycles. The highest BCUT2D eigenvalue weighted by Crippen LogP contribution is 2.38. The Hall–Kier alpha value is -3.05. The smallest absolute Gasteiger partial charge is 0.304 e. The van der Waals surface area contributed by atoms with Gasteiger partial charge in [-0.1, -0.05) is 0 Å². The SMILES string of the molecule is O=C(NS(=O)(=O)N(CC1CC1)CC1CC1)c1cnn2ccc(N3CCC[C@@H]3c3cc(F)ccc3F)cc12. The van der Waals surface area contributed by atoms with Gasteiger partial charge in [0.2, 0.25) is 0 Å². The van der Waals surface area contributed by atoms with Crippen LogP contribution in [0.15, 0.2) is 42.7 Å².